The van der Waals surface area contributed by atoms with Crippen molar-refractivity contribution in [2.75, 3.05) is 0 Å². The van der Waals surface area contributed by atoms with Gasteiger partial charge in [0.2, 0.25) is 5.70 Å². The van der Waals surface area contributed by atoms with Crippen LogP contribution >= 0.6 is 0 Å². The number of hydrogen-bond donors (Lipinski definition) is 1. The van der Waals surface area contributed by atoms with Gasteiger partial charge in [-0.15, -0.1) is 0 Å². The average molecular weight is 646 g/mol. The first kappa shape index (κ1) is 18.4. The Morgan fingerprint density at radius 2 is 1.73 bits per heavy atom. The van der Waals surface area contributed by atoms with Gasteiger partial charge in [-0.1, -0.05) is 46.3 Å². The molecule has 0 radical (unpaired) electrons. The normalized spacial score (nSPS) is 47.6. The van der Waals surface area contributed by atoms with E-state index in [1.54, 1.807) is 12.2 Å². The molecule has 3 saturated carbocycles. The van der Waals surface area contributed by atoms with Crippen molar-refractivity contribution in [1.82, 2.24) is 0 Å². The molecule has 5 rings (SSSR count). The highest BCUT2D eigenvalue weighted by atomic mass is 19.4. The van der Waals surface area contributed by atoms with E-state index in [9.17, 15) is 32.7 Å². The molecule has 8 heteroatoms. The van der Waals surface area contributed by atoms with Crippen molar-refractivity contribution in [2.24, 2.45) is 44.8 Å². The Labute approximate surface area is 277 Å². The van der Waals surface area contributed by atoms with Gasteiger partial charge >= 0.3 is 6.18 Å². The largest absolute Gasteiger partial charge is 0.389 e. The summed E-state index contributed by atoms with van der Waals surface area (Å²) in [5.41, 5.74) is -4.13. The van der Waals surface area contributed by atoms with Crippen LogP contribution in [-0.4, -0.2) is 34.2 Å². The molecule has 0 amide bonds. The summed E-state index contributed by atoms with van der Waals surface area (Å²) >= 11 is 0. The molecule has 0 spiro atoms. The maximum absolute atomic E-state index is 14.4. The van der Waals surface area contributed by atoms with Crippen LogP contribution in [0.5, 0.6) is 0 Å². The zero-order valence-corrected chi connectivity index (χ0v) is 25.0. The predicted octanol–water partition coefficient (Wildman–Crippen LogP) is 10.1. The highest BCUT2D eigenvalue weighted by Crippen LogP contribution is 2.74. The molecule has 0 bridgehead atoms. The minimum absolute atomic E-state index is 0.119. The molecule has 0 unspecified atom stereocenters. The third kappa shape index (κ3) is 4.07. The van der Waals surface area contributed by atoms with Gasteiger partial charge in [-0.05, 0) is 80.1 Å². The number of nitrogens with zero attached hydrogens (tertiary/aromatic N) is 1. The molecule has 5 aliphatic carbocycles. The van der Waals surface area contributed by atoms with Crippen LogP contribution in [-0.2, 0) is 14.4 Å². The van der Waals surface area contributed by atoms with E-state index in [-0.39, 0.29) is 28.6 Å². The number of alkyl halides is 3. The zero-order valence-electron chi connectivity index (χ0n) is 49.0. The number of fused-ring (bicyclic) bond motifs is 7. The van der Waals surface area contributed by atoms with Crippen LogP contribution in [0.4, 0.5) is 13.2 Å². The Bertz CT molecular complexity index is 1380. The Morgan fingerprint density at radius 1 is 1.10 bits per heavy atom. The molecule has 1 N–H and O–H groups in total. The van der Waals surface area contributed by atoms with Crippen LogP contribution in [0.3, 0.4) is 0 Å². The van der Waals surface area contributed by atoms with E-state index in [0.717, 1.165) is 12.0 Å². The summed E-state index contributed by atoms with van der Waals surface area (Å²) in [7, 11) is 0. The lowest BCUT2D eigenvalue weighted by atomic mass is 9.34. The van der Waals surface area contributed by atoms with Gasteiger partial charge in [0, 0.05) is 64.7 Å². The number of carbonyl (C=O) groups excluding carboxylic acids is 3. The SMILES string of the molecule is [3H][3H].[3H][3H].[3H][3H].[3H][3H].[3H][3H].[3H][3H].[3H][3H].[3H][3H].[3H][3H].[3H][3H].[3H][3H].[3H][3H].[C-]#[N+]C1=C[C@]2(C)C3=CC(=O)[C@@H]4[C@@H]5CC(C)(C)CC[C@]5(C(=O)CCC(F)(F)F)CC[C@@]4(C)[C@]3(C)CC[C@H]2[C@](C)(O)C1=O. The standard InChI is InChI=1S/C33H42F3NO4.12H2/c1-27(2)12-14-32(24(39)9-11-33(34,35)36)15-13-30(5)25(19(32)17-27)21(38)16-23-28(3)18-20(37-7)26(40)31(6,41)22(28)8-10-29(23,30)4;;;;;;;;;;;;/h16,18-19,22,25,41H,8-15,17H2,1-6H3;12*1H/t19-,22+,25-,28-,29+,30+,31-,32-;;;;;;;;;;;;/m0............/s1/i;12*1+2T. The third-order valence-corrected chi connectivity index (χ3v) is 12.7. The molecule has 0 aromatic carbocycles. The molecule has 8 atom stereocenters. The van der Waals surface area contributed by atoms with Gasteiger partial charge in [0.25, 0.3) is 0 Å². The number of aliphatic hydroxyl groups is 1. The molecular formula is C33H66F3NO4. The molecule has 248 valence electrons. The molecule has 5 aliphatic rings. The summed E-state index contributed by atoms with van der Waals surface area (Å²) in [6.45, 7) is 19.5. The summed E-state index contributed by atoms with van der Waals surface area (Å²) in [5.74, 6) is -2.44. The number of Topliss-reactive ketones (excluding diaryl/α,β-unsaturated/α-hetero) is 2. The van der Waals surface area contributed by atoms with E-state index in [1.807, 2.05) is 6.92 Å². The van der Waals surface area contributed by atoms with Gasteiger partial charge in [-0.2, -0.15) is 13.2 Å². The molecule has 5 nitrogen and oxygen atoms in total. The van der Waals surface area contributed by atoms with Gasteiger partial charge in [0.05, 0.1) is 13.0 Å². The smallest absolute Gasteiger partial charge is 0.383 e. The van der Waals surface area contributed by atoms with Crippen LogP contribution in [0.15, 0.2) is 23.4 Å². The van der Waals surface area contributed by atoms with Crippen LogP contribution in [0.25, 0.3) is 4.85 Å². The van der Waals surface area contributed by atoms with E-state index < -0.39 is 63.9 Å². The van der Waals surface area contributed by atoms with Crippen molar-refractivity contribution in [3.63, 3.8) is 0 Å². The van der Waals surface area contributed by atoms with Crippen molar-refractivity contribution in [2.45, 2.75) is 111 Å². The maximum Gasteiger partial charge on any atom is 0.389 e. The molecule has 0 saturated heterocycles. The van der Waals surface area contributed by atoms with Gasteiger partial charge in [-0.3, -0.25) is 9.59 Å². The van der Waals surface area contributed by atoms with Crippen molar-refractivity contribution in [1.29, 1.82) is 0 Å². The molecule has 0 heterocycles. The van der Waals surface area contributed by atoms with Gasteiger partial charge in [-0.25, -0.2) is 4.85 Å². The maximum atomic E-state index is 14.4. The van der Waals surface area contributed by atoms with Crippen LogP contribution in [0.2, 0.25) is 0 Å². The highest BCUT2D eigenvalue weighted by molar-refractivity contribution is 6.05. The molecule has 41 heavy (non-hydrogen) atoms. The molecule has 0 aliphatic heterocycles. The summed E-state index contributed by atoms with van der Waals surface area (Å²) in [6, 6.07) is 0. The van der Waals surface area contributed by atoms with Crippen molar-refractivity contribution < 1.29 is 68.3 Å². The Balaban J connectivity index is -0.000000196. The second kappa shape index (κ2) is 8.88. The van der Waals surface area contributed by atoms with Gasteiger partial charge in [0.15, 0.2) is 11.6 Å². The number of halogens is 3. The van der Waals surface area contributed by atoms with E-state index in [1.165, 1.54) is 6.92 Å². The van der Waals surface area contributed by atoms with Crippen LogP contribution < -0.4 is 0 Å². The lowest BCUT2D eigenvalue weighted by Crippen LogP contribution is -2.66. The van der Waals surface area contributed by atoms with Gasteiger partial charge in [0.1, 0.15) is 11.4 Å². The van der Waals surface area contributed by atoms with E-state index in [0.29, 0.717) is 38.5 Å². The van der Waals surface area contributed by atoms with E-state index in [4.69, 9.17) is 42.2 Å². The molecular weight excluding hydrogens is 531 g/mol. The number of hydrogen-bond acceptors (Lipinski definition) is 4. The van der Waals surface area contributed by atoms with Crippen molar-refractivity contribution in [3.05, 3.63) is 34.8 Å². The monoisotopic (exact) mass is 646 g/mol. The fourth-order valence-corrected chi connectivity index (χ4v) is 10.3. The Kier molecular flexibility index (Phi) is 3.98. The first-order chi connectivity index (χ1) is 30.7. The summed E-state index contributed by atoms with van der Waals surface area (Å²) in [5, 5.41) is 11.4. The lowest BCUT2D eigenvalue weighted by molar-refractivity contribution is -0.182. The second-order valence-electron chi connectivity index (χ2n) is 15.3. The topological polar surface area (TPSA) is 75.8 Å². The molecule has 0 aromatic heterocycles. The lowest BCUT2D eigenvalue weighted by Gasteiger charge is -2.69. The fourth-order valence-electron chi connectivity index (χ4n) is 10.3. The first-order valence-corrected chi connectivity index (χ1v) is 14.9. The quantitative estimate of drug-likeness (QED) is 0.310. The van der Waals surface area contributed by atoms with E-state index in [2.05, 4.69) is 32.5 Å². The summed E-state index contributed by atoms with van der Waals surface area (Å²) in [6.07, 6.45) is 1.15. The van der Waals surface area contributed by atoms with Crippen molar-refractivity contribution >= 4 is 17.3 Å². The number of ketones is 3. The Morgan fingerprint density at radius 3 is 2.34 bits per heavy atom. The van der Waals surface area contributed by atoms with Crippen LogP contribution in [0, 0.1) is 51.4 Å². The summed E-state index contributed by atoms with van der Waals surface area (Å²) in [4.78, 5) is 44.6. The third-order valence-electron chi connectivity index (χ3n) is 12.7. The Hall–Kier alpha value is -2.27. The predicted molar refractivity (Wildman–Crippen MR) is 172 cm³/mol. The fraction of sp³-hybridized carbons (Fsp3) is 0.758. The molecule has 0 aromatic rings. The minimum atomic E-state index is -4.42. The van der Waals surface area contributed by atoms with Crippen molar-refractivity contribution in [3.8, 4) is 0 Å². The van der Waals surface area contributed by atoms with Crippen LogP contribution in [0.1, 0.15) is 135 Å². The second-order valence-corrected chi connectivity index (χ2v) is 15.3. The minimum Gasteiger partial charge on any atom is -0.383 e. The van der Waals surface area contributed by atoms with E-state index >= 15 is 0 Å². The molecule has 3 fully saturated rings. The zero-order chi connectivity index (χ0) is 54.6. The summed E-state index contributed by atoms with van der Waals surface area (Å²) < 4.78 is 160. The highest BCUT2D eigenvalue weighted by Gasteiger charge is 2.71. The van der Waals surface area contributed by atoms with Gasteiger partial charge < -0.3 is 9.90 Å². The number of carbonyl (C=O) groups is 3. The first-order valence-electron chi connectivity index (χ1n) is 26.9. The number of rotatable bonds is 3. The number of allylic oxidation sites excluding steroid dienone is 3. The average Bonchev–Trinajstić information content (AvgIpc) is 3.35.